The van der Waals surface area contributed by atoms with Crippen molar-refractivity contribution in [2.45, 2.75) is 44.7 Å². The van der Waals surface area contributed by atoms with E-state index in [2.05, 4.69) is 40.1 Å². The summed E-state index contributed by atoms with van der Waals surface area (Å²) in [6.07, 6.45) is 6.30. The molecule has 0 bridgehead atoms. The Morgan fingerprint density at radius 1 is 0.793 bits per heavy atom. The molecule has 0 aliphatic carbocycles. The second-order valence-electron chi connectivity index (χ2n) is 8.33. The van der Waals surface area contributed by atoms with Crippen molar-refractivity contribution >= 4 is 24.8 Å². The fourth-order valence-corrected chi connectivity index (χ4v) is 4.75. The number of hydrogen-bond donors (Lipinski definition) is 0. The van der Waals surface area contributed by atoms with Gasteiger partial charge in [0.15, 0.2) is 0 Å². The third-order valence-corrected chi connectivity index (χ3v) is 6.34. The van der Waals surface area contributed by atoms with E-state index in [4.69, 9.17) is 0 Å². The van der Waals surface area contributed by atoms with E-state index in [1.807, 2.05) is 12.1 Å². The summed E-state index contributed by atoms with van der Waals surface area (Å²) in [6, 6.07) is 18.7. The fourth-order valence-electron chi connectivity index (χ4n) is 4.75. The summed E-state index contributed by atoms with van der Waals surface area (Å²) in [5.74, 6) is 0.612. The van der Waals surface area contributed by atoms with Crippen LogP contribution in [0, 0.1) is 11.7 Å². The first-order valence-corrected chi connectivity index (χ1v) is 10.5. The lowest BCUT2D eigenvalue weighted by molar-refractivity contribution is 0.129. The summed E-state index contributed by atoms with van der Waals surface area (Å²) in [5, 5.41) is 0. The molecule has 1 unspecified atom stereocenters. The Morgan fingerprint density at radius 3 is 2.17 bits per heavy atom. The van der Waals surface area contributed by atoms with Crippen LogP contribution in [-0.2, 0) is 13.0 Å². The van der Waals surface area contributed by atoms with Crippen molar-refractivity contribution in [3.63, 3.8) is 0 Å². The fraction of sp³-hybridized carbons (Fsp3) is 0.500. The van der Waals surface area contributed by atoms with E-state index in [1.54, 1.807) is 12.1 Å². The van der Waals surface area contributed by atoms with Crippen LogP contribution in [0.1, 0.15) is 36.8 Å². The highest BCUT2D eigenvalue weighted by atomic mass is 35.5. The Morgan fingerprint density at radius 2 is 1.48 bits per heavy atom. The molecular formula is C24H33Cl2FN2. The number of nitrogens with zero attached hydrogens (tertiary/aromatic N) is 2. The maximum absolute atomic E-state index is 13.1. The summed E-state index contributed by atoms with van der Waals surface area (Å²) in [4.78, 5) is 5.36. The second kappa shape index (κ2) is 11.9. The zero-order valence-corrected chi connectivity index (χ0v) is 18.6. The van der Waals surface area contributed by atoms with Gasteiger partial charge in [0.25, 0.3) is 0 Å². The molecule has 1 atom stereocenters. The zero-order valence-electron chi connectivity index (χ0n) is 17.0. The van der Waals surface area contributed by atoms with Gasteiger partial charge in [0.2, 0.25) is 0 Å². The average Bonchev–Trinajstić information content (AvgIpc) is 3.12. The molecule has 2 aromatic carbocycles. The topological polar surface area (TPSA) is 6.48 Å². The number of likely N-dealkylation sites (tertiary alicyclic amines) is 2. The number of halogens is 3. The van der Waals surface area contributed by atoms with Gasteiger partial charge >= 0.3 is 0 Å². The largest absolute Gasteiger partial charge is 0.302 e. The number of hydrogen-bond acceptors (Lipinski definition) is 2. The number of benzene rings is 2. The number of piperidine rings is 1. The second-order valence-corrected chi connectivity index (χ2v) is 8.33. The van der Waals surface area contributed by atoms with Gasteiger partial charge in [-0.1, -0.05) is 42.5 Å². The summed E-state index contributed by atoms with van der Waals surface area (Å²) in [5.41, 5.74) is 2.71. The normalized spacial score (nSPS) is 20.8. The predicted molar refractivity (Wildman–Crippen MR) is 124 cm³/mol. The standard InChI is InChI=1S/C24H31FN2.2ClH/c25-23-10-8-20(9-11-23)17-21-12-15-26(16-13-21)19-24-7-4-14-27(24)18-22-5-2-1-3-6-22;;/h1-3,5-6,8-11,21,24H,4,7,12-19H2;2*1H. The quantitative estimate of drug-likeness (QED) is 0.579. The van der Waals surface area contributed by atoms with Crippen molar-refractivity contribution < 1.29 is 4.39 Å². The van der Waals surface area contributed by atoms with Gasteiger partial charge in [0.1, 0.15) is 5.82 Å². The molecule has 0 N–H and O–H groups in total. The van der Waals surface area contributed by atoms with Crippen molar-refractivity contribution in [1.29, 1.82) is 0 Å². The predicted octanol–water partition coefficient (Wildman–Crippen LogP) is 5.59. The molecule has 0 amide bonds. The van der Waals surface area contributed by atoms with Gasteiger partial charge < -0.3 is 4.90 Å². The molecule has 0 spiro atoms. The van der Waals surface area contributed by atoms with Crippen molar-refractivity contribution in [2.75, 3.05) is 26.2 Å². The summed E-state index contributed by atoms with van der Waals surface area (Å²) in [7, 11) is 0. The molecule has 160 valence electrons. The highest BCUT2D eigenvalue weighted by molar-refractivity contribution is 5.85. The number of rotatable bonds is 6. The summed E-state index contributed by atoms with van der Waals surface area (Å²) >= 11 is 0. The van der Waals surface area contributed by atoms with E-state index in [-0.39, 0.29) is 30.6 Å². The molecule has 2 aliphatic heterocycles. The minimum absolute atomic E-state index is 0. The first-order chi connectivity index (χ1) is 13.3. The van der Waals surface area contributed by atoms with E-state index in [9.17, 15) is 4.39 Å². The van der Waals surface area contributed by atoms with E-state index in [0.717, 1.165) is 18.9 Å². The molecule has 5 heteroatoms. The van der Waals surface area contributed by atoms with Gasteiger partial charge in [0.05, 0.1) is 0 Å². The Hall–Kier alpha value is -1.13. The molecule has 0 aromatic heterocycles. The molecule has 2 heterocycles. The lowest BCUT2D eigenvalue weighted by atomic mass is 9.90. The van der Waals surface area contributed by atoms with E-state index >= 15 is 0 Å². The average molecular weight is 439 g/mol. The van der Waals surface area contributed by atoms with Crippen LogP contribution in [-0.4, -0.2) is 42.0 Å². The van der Waals surface area contributed by atoms with E-state index in [1.165, 1.54) is 63.0 Å². The van der Waals surface area contributed by atoms with Crippen molar-refractivity contribution in [3.05, 3.63) is 71.5 Å². The first kappa shape index (κ1) is 24.1. The highest BCUT2D eigenvalue weighted by Gasteiger charge is 2.28. The van der Waals surface area contributed by atoms with Crippen LogP contribution in [0.3, 0.4) is 0 Å². The lowest BCUT2D eigenvalue weighted by Gasteiger charge is -2.36. The van der Waals surface area contributed by atoms with Crippen LogP contribution >= 0.6 is 24.8 Å². The molecular weight excluding hydrogens is 406 g/mol. The van der Waals surface area contributed by atoms with Gasteiger partial charge in [-0.3, -0.25) is 4.90 Å². The van der Waals surface area contributed by atoms with Crippen molar-refractivity contribution in [1.82, 2.24) is 9.80 Å². The van der Waals surface area contributed by atoms with E-state index in [0.29, 0.717) is 6.04 Å². The molecule has 29 heavy (non-hydrogen) atoms. The minimum Gasteiger partial charge on any atom is -0.302 e. The Balaban J connectivity index is 0.00000150. The molecule has 4 rings (SSSR count). The van der Waals surface area contributed by atoms with Gasteiger partial charge in [-0.15, -0.1) is 24.8 Å². The Bertz CT molecular complexity index is 703. The van der Waals surface area contributed by atoms with Crippen LogP contribution in [0.15, 0.2) is 54.6 Å². The van der Waals surface area contributed by atoms with Crippen molar-refractivity contribution in [3.8, 4) is 0 Å². The molecule has 2 aromatic rings. The van der Waals surface area contributed by atoms with Gasteiger partial charge in [-0.05, 0) is 80.9 Å². The monoisotopic (exact) mass is 438 g/mol. The van der Waals surface area contributed by atoms with Gasteiger partial charge in [-0.2, -0.15) is 0 Å². The van der Waals surface area contributed by atoms with Crippen LogP contribution in [0.25, 0.3) is 0 Å². The highest BCUT2D eigenvalue weighted by Crippen LogP contribution is 2.25. The lowest BCUT2D eigenvalue weighted by Crippen LogP contribution is -2.43. The maximum atomic E-state index is 13.1. The smallest absolute Gasteiger partial charge is 0.123 e. The maximum Gasteiger partial charge on any atom is 0.123 e. The SMILES string of the molecule is Cl.Cl.Fc1ccc(CC2CCN(CC3CCCN3Cc3ccccc3)CC2)cc1. The Kier molecular flexibility index (Phi) is 9.91. The zero-order chi connectivity index (χ0) is 18.5. The minimum atomic E-state index is -0.134. The summed E-state index contributed by atoms with van der Waals surface area (Å²) in [6.45, 7) is 5.96. The van der Waals surface area contributed by atoms with Gasteiger partial charge in [0, 0.05) is 19.1 Å². The molecule has 2 saturated heterocycles. The first-order valence-electron chi connectivity index (χ1n) is 10.5. The van der Waals surface area contributed by atoms with Crippen LogP contribution in [0.5, 0.6) is 0 Å². The van der Waals surface area contributed by atoms with Gasteiger partial charge in [-0.25, -0.2) is 4.39 Å². The molecule has 0 saturated carbocycles. The van der Waals surface area contributed by atoms with Crippen LogP contribution in [0.2, 0.25) is 0 Å². The van der Waals surface area contributed by atoms with Crippen LogP contribution in [0.4, 0.5) is 4.39 Å². The third-order valence-electron chi connectivity index (χ3n) is 6.34. The molecule has 2 aliphatic rings. The molecule has 2 fully saturated rings. The van der Waals surface area contributed by atoms with Crippen LogP contribution < -0.4 is 0 Å². The van der Waals surface area contributed by atoms with Crippen molar-refractivity contribution in [2.24, 2.45) is 5.92 Å². The third kappa shape index (κ3) is 6.96. The van der Waals surface area contributed by atoms with E-state index < -0.39 is 0 Å². The molecule has 0 radical (unpaired) electrons. The summed E-state index contributed by atoms with van der Waals surface area (Å²) < 4.78 is 13.1. The molecule has 2 nitrogen and oxygen atoms in total. The Labute approximate surface area is 187 Å².